The van der Waals surface area contributed by atoms with E-state index in [4.69, 9.17) is 4.42 Å². The lowest BCUT2D eigenvalue weighted by Gasteiger charge is -2.06. The van der Waals surface area contributed by atoms with E-state index in [1.165, 1.54) is 0 Å². The van der Waals surface area contributed by atoms with Crippen molar-refractivity contribution >= 4 is 38.5 Å². The van der Waals surface area contributed by atoms with Crippen LogP contribution in [0.25, 0.3) is 11.1 Å². The Morgan fingerprint density at radius 2 is 2.16 bits per heavy atom. The minimum absolute atomic E-state index is 0.454. The van der Waals surface area contributed by atoms with Gasteiger partial charge in [-0.15, -0.1) is 0 Å². The molecule has 0 aliphatic rings. The summed E-state index contributed by atoms with van der Waals surface area (Å²) < 4.78 is 5.91. The number of aryl methyl sites for hydroxylation is 1. The molecule has 3 rings (SSSR count). The Balaban J connectivity index is 1.95. The maximum absolute atomic E-state index is 11.1. The zero-order valence-corrected chi connectivity index (χ0v) is 11.6. The van der Waals surface area contributed by atoms with Crippen molar-refractivity contribution in [1.29, 1.82) is 0 Å². The zero-order valence-electron chi connectivity index (χ0n) is 10.0. The second kappa shape index (κ2) is 4.55. The first-order valence-corrected chi connectivity index (χ1v) is 6.44. The molecule has 3 aromatic rings. The smallest absolute Gasteiger partial charge is 0.408 e. The van der Waals surface area contributed by atoms with E-state index in [9.17, 15) is 4.79 Å². The molecule has 6 heteroatoms. The van der Waals surface area contributed by atoms with Gasteiger partial charge >= 0.3 is 5.76 Å². The molecule has 0 fully saturated rings. The van der Waals surface area contributed by atoms with Crippen LogP contribution < -0.4 is 11.1 Å². The monoisotopic (exact) mass is 319 g/mol. The molecule has 0 bridgehead atoms. The van der Waals surface area contributed by atoms with Gasteiger partial charge in [0.05, 0.1) is 11.2 Å². The zero-order chi connectivity index (χ0) is 13.4. The third kappa shape index (κ3) is 2.39. The number of oxazole rings is 1. The fourth-order valence-electron chi connectivity index (χ4n) is 1.79. The molecule has 5 nitrogen and oxygen atoms in total. The molecule has 2 N–H and O–H groups in total. The number of H-pyrrole nitrogens is 1. The number of aromatic nitrogens is 2. The highest BCUT2D eigenvalue weighted by Gasteiger charge is 2.04. The molecule has 96 valence electrons. The van der Waals surface area contributed by atoms with Crippen LogP contribution in [0, 0.1) is 6.92 Å². The van der Waals surface area contributed by atoms with E-state index >= 15 is 0 Å². The van der Waals surface area contributed by atoms with Gasteiger partial charge in [-0.1, -0.05) is 0 Å². The summed E-state index contributed by atoms with van der Waals surface area (Å²) in [7, 11) is 0. The standard InChI is InChI=1S/C13H10BrN3O2/c1-7-9(14)3-5-12(15-7)16-8-2-4-11-10(6-8)17-13(18)19-11/h2-6H,1H3,(H,15,16)(H,17,18). The lowest BCUT2D eigenvalue weighted by atomic mass is 10.3. The molecule has 0 radical (unpaired) electrons. The van der Waals surface area contributed by atoms with Gasteiger partial charge in [0.1, 0.15) is 5.82 Å². The van der Waals surface area contributed by atoms with Gasteiger partial charge in [-0.25, -0.2) is 9.78 Å². The molecule has 0 atom stereocenters. The van der Waals surface area contributed by atoms with Gasteiger partial charge in [0, 0.05) is 10.2 Å². The predicted octanol–water partition coefficient (Wildman–Crippen LogP) is 3.33. The number of aromatic amines is 1. The van der Waals surface area contributed by atoms with Crippen molar-refractivity contribution in [2.45, 2.75) is 6.92 Å². The highest BCUT2D eigenvalue weighted by Crippen LogP contribution is 2.22. The van der Waals surface area contributed by atoms with E-state index in [1.54, 1.807) is 12.1 Å². The van der Waals surface area contributed by atoms with E-state index < -0.39 is 5.76 Å². The number of hydrogen-bond acceptors (Lipinski definition) is 4. The van der Waals surface area contributed by atoms with Crippen molar-refractivity contribution in [2.75, 3.05) is 5.32 Å². The fraction of sp³-hybridized carbons (Fsp3) is 0.0769. The highest BCUT2D eigenvalue weighted by molar-refractivity contribution is 9.10. The summed E-state index contributed by atoms with van der Waals surface area (Å²) in [6.07, 6.45) is 0. The molecule has 1 aromatic carbocycles. The van der Waals surface area contributed by atoms with E-state index in [1.807, 2.05) is 25.1 Å². The molecular weight excluding hydrogens is 310 g/mol. The molecule has 2 aromatic heterocycles. The van der Waals surface area contributed by atoms with E-state index in [0.717, 1.165) is 21.7 Å². The number of rotatable bonds is 2. The third-order valence-electron chi connectivity index (χ3n) is 2.71. The van der Waals surface area contributed by atoms with Crippen LogP contribution in [0.3, 0.4) is 0 Å². The van der Waals surface area contributed by atoms with Crippen LogP contribution in [-0.4, -0.2) is 9.97 Å². The van der Waals surface area contributed by atoms with Crippen LogP contribution in [0.1, 0.15) is 5.69 Å². The summed E-state index contributed by atoms with van der Waals surface area (Å²) in [6, 6.07) is 9.18. The van der Waals surface area contributed by atoms with Gasteiger partial charge in [0.2, 0.25) is 0 Å². The molecule has 0 saturated carbocycles. The number of halogens is 1. The third-order valence-corrected chi connectivity index (χ3v) is 3.55. The maximum atomic E-state index is 11.1. The largest absolute Gasteiger partial charge is 0.417 e. The number of benzene rings is 1. The lowest BCUT2D eigenvalue weighted by Crippen LogP contribution is -1.95. The Morgan fingerprint density at radius 3 is 2.95 bits per heavy atom. The summed E-state index contributed by atoms with van der Waals surface area (Å²) in [5.74, 6) is 0.288. The summed E-state index contributed by atoms with van der Waals surface area (Å²) >= 11 is 3.41. The summed E-state index contributed by atoms with van der Waals surface area (Å²) in [5, 5.41) is 3.18. The van der Waals surface area contributed by atoms with Crippen molar-refractivity contribution in [1.82, 2.24) is 9.97 Å². The Labute approximate surface area is 116 Å². The van der Waals surface area contributed by atoms with E-state index in [0.29, 0.717) is 11.1 Å². The van der Waals surface area contributed by atoms with Gasteiger partial charge < -0.3 is 9.73 Å². The summed E-state index contributed by atoms with van der Waals surface area (Å²) in [5.41, 5.74) is 2.93. The second-order valence-electron chi connectivity index (χ2n) is 4.11. The van der Waals surface area contributed by atoms with Gasteiger partial charge in [-0.3, -0.25) is 4.98 Å². The number of fused-ring (bicyclic) bond motifs is 1. The van der Waals surface area contributed by atoms with Crippen molar-refractivity contribution in [3.05, 3.63) is 51.0 Å². The van der Waals surface area contributed by atoms with Crippen molar-refractivity contribution in [3.63, 3.8) is 0 Å². The van der Waals surface area contributed by atoms with Crippen LogP contribution >= 0.6 is 15.9 Å². The molecule has 0 aliphatic carbocycles. The van der Waals surface area contributed by atoms with Crippen molar-refractivity contribution < 1.29 is 4.42 Å². The van der Waals surface area contributed by atoms with Gasteiger partial charge in [0.15, 0.2) is 5.58 Å². The number of hydrogen-bond donors (Lipinski definition) is 2. The second-order valence-corrected chi connectivity index (χ2v) is 4.97. The SMILES string of the molecule is Cc1nc(Nc2ccc3oc(=O)[nH]c3c2)ccc1Br. The molecule has 0 spiro atoms. The molecule has 0 saturated heterocycles. The predicted molar refractivity (Wildman–Crippen MR) is 76.8 cm³/mol. The molecule has 0 amide bonds. The quantitative estimate of drug-likeness (QED) is 0.760. The van der Waals surface area contributed by atoms with Crippen molar-refractivity contribution in [2.24, 2.45) is 0 Å². The highest BCUT2D eigenvalue weighted by atomic mass is 79.9. The molecule has 2 heterocycles. The van der Waals surface area contributed by atoms with Gasteiger partial charge in [-0.05, 0) is 53.2 Å². The Morgan fingerprint density at radius 1 is 1.32 bits per heavy atom. The van der Waals surface area contributed by atoms with Crippen LogP contribution in [-0.2, 0) is 0 Å². The minimum Gasteiger partial charge on any atom is -0.408 e. The molecule has 0 unspecified atom stereocenters. The first-order chi connectivity index (χ1) is 9.11. The van der Waals surface area contributed by atoms with Gasteiger partial charge in [-0.2, -0.15) is 0 Å². The number of nitrogens with one attached hydrogen (secondary N) is 2. The first kappa shape index (κ1) is 12.0. The Kier molecular flexibility index (Phi) is 2.87. The number of nitrogens with zero attached hydrogens (tertiary/aromatic N) is 1. The molecule has 19 heavy (non-hydrogen) atoms. The maximum Gasteiger partial charge on any atom is 0.417 e. The minimum atomic E-state index is -0.454. The van der Waals surface area contributed by atoms with Crippen molar-refractivity contribution in [3.8, 4) is 0 Å². The Hall–Kier alpha value is -2.08. The molecule has 0 aliphatic heterocycles. The normalized spacial score (nSPS) is 10.8. The van der Waals surface area contributed by atoms with E-state index in [2.05, 4.69) is 31.2 Å². The average molecular weight is 320 g/mol. The summed E-state index contributed by atoms with van der Waals surface area (Å²) in [4.78, 5) is 18.1. The summed E-state index contributed by atoms with van der Waals surface area (Å²) in [6.45, 7) is 1.92. The number of pyridine rings is 1. The Bertz CT molecular complexity index is 807. The van der Waals surface area contributed by atoms with Crippen LogP contribution in [0.4, 0.5) is 11.5 Å². The topological polar surface area (TPSA) is 70.9 Å². The fourth-order valence-corrected chi connectivity index (χ4v) is 2.01. The lowest BCUT2D eigenvalue weighted by molar-refractivity contribution is 0.555. The average Bonchev–Trinajstić information content (AvgIpc) is 2.73. The van der Waals surface area contributed by atoms with Crippen LogP contribution in [0.5, 0.6) is 0 Å². The van der Waals surface area contributed by atoms with Gasteiger partial charge in [0.25, 0.3) is 0 Å². The van der Waals surface area contributed by atoms with E-state index in [-0.39, 0.29) is 0 Å². The number of anilines is 2. The van der Waals surface area contributed by atoms with Crippen LogP contribution in [0.15, 0.2) is 44.0 Å². The molecular formula is C13H10BrN3O2. The first-order valence-electron chi connectivity index (χ1n) is 5.65. The van der Waals surface area contributed by atoms with Crippen LogP contribution in [0.2, 0.25) is 0 Å².